The molecule has 2 aromatic heterocycles. The van der Waals surface area contributed by atoms with Crippen LogP contribution in [0.15, 0.2) is 91.1 Å². The van der Waals surface area contributed by atoms with Crippen LogP contribution in [0, 0.1) is 0 Å². The Morgan fingerprint density at radius 3 is 2.21 bits per heavy atom. The third-order valence-corrected chi connectivity index (χ3v) is 8.57. The molecule has 0 bridgehead atoms. The lowest BCUT2D eigenvalue weighted by Gasteiger charge is -2.40. The molecule has 0 aliphatic carbocycles. The first-order valence-electron chi connectivity index (χ1n) is 16.3. The van der Waals surface area contributed by atoms with Crippen LogP contribution in [0.1, 0.15) is 33.3 Å². The van der Waals surface area contributed by atoms with E-state index in [1.807, 2.05) is 24.0 Å². The number of alkyl halides is 6. The summed E-state index contributed by atoms with van der Waals surface area (Å²) in [7, 11) is 1.80. The van der Waals surface area contributed by atoms with Gasteiger partial charge in [-0.1, -0.05) is 12.1 Å². The van der Waals surface area contributed by atoms with Gasteiger partial charge in [-0.25, -0.2) is 4.98 Å². The number of carbonyl (C=O) groups excluding carboxylic acids is 2. The summed E-state index contributed by atoms with van der Waals surface area (Å²) in [6.45, 7) is 2.86. The second kappa shape index (κ2) is 15.1. The van der Waals surface area contributed by atoms with Crippen molar-refractivity contribution in [3.05, 3.63) is 108 Å². The molecule has 1 aliphatic heterocycles. The highest BCUT2D eigenvalue weighted by atomic mass is 19.4. The van der Waals surface area contributed by atoms with E-state index in [1.165, 1.54) is 30.5 Å². The highest BCUT2D eigenvalue weighted by molar-refractivity contribution is 6.04. The first kappa shape index (κ1) is 37.0. The molecule has 1 atom stereocenters. The molecule has 10 nitrogen and oxygen atoms in total. The number of hydrogen-bond donors (Lipinski definition) is 1. The van der Waals surface area contributed by atoms with Crippen molar-refractivity contribution in [1.29, 1.82) is 0 Å². The molecular weight excluding hydrogens is 708 g/mol. The maximum Gasteiger partial charge on any atom is 0.573 e. The van der Waals surface area contributed by atoms with Crippen LogP contribution in [0.25, 0.3) is 10.9 Å². The van der Waals surface area contributed by atoms with Gasteiger partial charge in [0, 0.05) is 62.4 Å². The fourth-order valence-corrected chi connectivity index (χ4v) is 5.89. The molecule has 1 aliphatic rings. The van der Waals surface area contributed by atoms with E-state index in [-0.39, 0.29) is 29.1 Å². The Morgan fingerprint density at radius 2 is 1.57 bits per heavy atom. The number of nitrogens with one attached hydrogen (secondary N) is 1. The van der Waals surface area contributed by atoms with E-state index in [2.05, 4.69) is 19.9 Å². The number of benzene rings is 3. The summed E-state index contributed by atoms with van der Waals surface area (Å²) in [4.78, 5) is 34.5. The van der Waals surface area contributed by atoms with Crippen LogP contribution in [0.4, 0.5) is 32.0 Å². The molecule has 16 heteroatoms. The first-order chi connectivity index (χ1) is 25.1. The zero-order valence-electron chi connectivity index (χ0n) is 28.4. The average molecular weight is 742 g/mol. The Labute approximate surface area is 299 Å². The summed E-state index contributed by atoms with van der Waals surface area (Å²) in [5.74, 6) is -0.269. The van der Waals surface area contributed by atoms with E-state index in [4.69, 9.17) is 9.47 Å². The third kappa shape index (κ3) is 9.57. The van der Waals surface area contributed by atoms with Crippen LogP contribution in [-0.4, -0.2) is 76.0 Å². The van der Waals surface area contributed by atoms with Crippen LogP contribution >= 0.6 is 0 Å². The SMILES string of the molecule is C[C@H]1CN(C(=O)c2cc3ccc(Oc4ccc(NC(=O)c5ccc(OC(F)(F)F)cc5)cn4)cc3n2C)CCN1Cc1ccc(OCC(F)(F)F)cc1. The van der Waals surface area contributed by atoms with E-state index in [9.17, 15) is 35.9 Å². The maximum atomic E-state index is 13.7. The molecule has 6 rings (SSSR count). The van der Waals surface area contributed by atoms with Crippen LogP contribution in [-0.2, 0) is 13.6 Å². The summed E-state index contributed by atoms with van der Waals surface area (Å²) in [5, 5.41) is 3.45. The van der Waals surface area contributed by atoms with Crippen molar-refractivity contribution >= 4 is 28.4 Å². The number of anilines is 1. The average Bonchev–Trinajstić information content (AvgIpc) is 3.43. The number of pyridine rings is 1. The number of aryl methyl sites for hydroxylation is 1. The van der Waals surface area contributed by atoms with Crippen LogP contribution in [0.3, 0.4) is 0 Å². The predicted octanol–water partition coefficient (Wildman–Crippen LogP) is 7.80. The fourth-order valence-electron chi connectivity index (χ4n) is 5.89. The highest BCUT2D eigenvalue weighted by Crippen LogP contribution is 2.29. The van der Waals surface area contributed by atoms with Crippen molar-refractivity contribution in [2.45, 2.75) is 32.0 Å². The Kier molecular flexibility index (Phi) is 10.5. The Balaban J connectivity index is 1.03. The van der Waals surface area contributed by atoms with Crippen molar-refractivity contribution in [3.63, 3.8) is 0 Å². The summed E-state index contributed by atoms with van der Waals surface area (Å²) in [5.41, 5.74) is 2.64. The van der Waals surface area contributed by atoms with Gasteiger partial charge in [-0.15, -0.1) is 13.2 Å². The van der Waals surface area contributed by atoms with Gasteiger partial charge >= 0.3 is 12.5 Å². The van der Waals surface area contributed by atoms with Crippen molar-refractivity contribution in [2.24, 2.45) is 7.05 Å². The third-order valence-electron chi connectivity index (χ3n) is 8.57. The Morgan fingerprint density at radius 1 is 0.868 bits per heavy atom. The zero-order valence-corrected chi connectivity index (χ0v) is 28.4. The first-order valence-corrected chi connectivity index (χ1v) is 16.3. The van der Waals surface area contributed by atoms with Gasteiger partial charge in [-0.05, 0) is 73.2 Å². The fraction of sp³-hybridized carbons (Fsp3) is 0.270. The number of fused-ring (bicyclic) bond motifs is 1. The maximum absolute atomic E-state index is 13.7. The second-order valence-electron chi connectivity index (χ2n) is 12.4. The van der Waals surface area contributed by atoms with E-state index in [0.717, 1.165) is 28.6 Å². The monoisotopic (exact) mass is 741 g/mol. The minimum absolute atomic E-state index is 0.0315. The van der Waals surface area contributed by atoms with E-state index in [0.29, 0.717) is 43.3 Å². The van der Waals surface area contributed by atoms with Gasteiger partial charge in [0.15, 0.2) is 6.61 Å². The molecule has 2 amide bonds. The van der Waals surface area contributed by atoms with Crippen molar-refractivity contribution in [3.8, 4) is 23.1 Å². The van der Waals surface area contributed by atoms with Crippen molar-refractivity contribution in [2.75, 3.05) is 31.6 Å². The minimum Gasteiger partial charge on any atom is -0.484 e. The van der Waals surface area contributed by atoms with Gasteiger partial charge in [0.2, 0.25) is 5.88 Å². The number of carbonyl (C=O) groups is 2. The van der Waals surface area contributed by atoms with E-state index in [1.54, 1.807) is 48.0 Å². The van der Waals surface area contributed by atoms with Gasteiger partial charge in [0.25, 0.3) is 11.8 Å². The zero-order chi connectivity index (χ0) is 37.9. The number of hydrogen-bond acceptors (Lipinski definition) is 7. The number of aromatic nitrogens is 2. The molecule has 1 N–H and O–H groups in total. The number of piperazine rings is 1. The van der Waals surface area contributed by atoms with Crippen LogP contribution in [0.2, 0.25) is 0 Å². The number of nitrogens with zero attached hydrogens (tertiary/aromatic N) is 4. The highest BCUT2D eigenvalue weighted by Gasteiger charge is 2.32. The van der Waals surface area contributed by atoms with Crippen LogP contribution < -0.4 is 19.5 Å². The van der Waals surface area contributed by atoms with Crippen molar-refractivity contribution in [1.82, 2.24) is 19.4 Å². The molecule has 0 spiro atoms. The Hall–Kier alpha value is -5.77. The van der Waals surface area contributed by atoms with Gasteiger partial charge in [-0.2, -0.15) is 13.2 Å². The lowest BCUT2D eigenvalue weighted by atomic mass is 10.1. The molecule has 0 unspecified atom stereocenters. The lowest BCUT2D eigenvalue weighted by molar-refractivity contribution is -0.274. The smallest absolute Gasteiger partial charge is 0.484 e. The molecule has 0 saturated carbocycles. The van der Waals surface area contributed by atoms with E-state index < -0.39 is 30.8 Å². The van der Waals surface area contributed by atoms with Gasteiger partial charge in [-0.3, -0.25) is 14.5 Å². The summed E-state index contributed by atoms with van der Waals surface area (Å²) in [6.07, 6.45) is -7.86. The number of ether oxygens (including phenoxy) is 3. The summed E-state index contributed by atoms with van der Waals surface area (Å²) < 4.78 is 90.9. The molecule has 53 heavy (non-hydrogen) atoms. The molecule has 5 aromatic rings. The second-order valence-corrected chi connectivity index (χ2v) is 12.4. The summed E-state index contributed by atoms with van der Waals surface area (Å²) in [6, 6.07) is 21.4. The molecule has 1 saturated heterocycles. The lowest BCUT2D eigenvalue weighted by Crippen LogP contribution is -2.53. The molecule has 1 fully saturated rings. The molecular formula is C37H33F6N5O5. The van der Waals surface area contributed by atoms with E-state index >= 15 is 0 Å². The number of amides is 2. The molecule has 278 valence electrons. The van der Waals surface area contributed by atoms with Crippen LogP contribution in [0.5, 0.6) is 23.1 Å². The molecule has 3 aromatic carbocycles. The van der Waals surface area contributed by atoms with Gasteiger partial charge < -0.3 is 29.0 Å². The van der Waals surface area contributed by atoms with Gasteiger partial charge in [0.1, 0.15) is 22.9 Å². The van der Waals surface area contributed by atoms with Gasteiger partial charge in [0.05, 0.1) is 17.4 Å². The largest absolute Gasteiger partial charge is 0.573 e. The molecule has 3 heterocycles. The number of halogens is 6. The summed E-state index contributed by atoms with van der Waals surface area (Å²) >= 11 is 0. The normalized spacial score (nSPS) is 15.3. The minimum atomic E-state index is -4.84. The topological polar surface area (TPSA) is 98.2 Å². The molecule has 0 radical (unpaired) electrons. The quantitative estimate of drug-likeness (QED) is 0.146. The number of rotatable bonds is 10. The van der Waals surface area contributed by atoms with Crippen molar-refractivity contribution < 1.29 is 50.1 Å². The standard InChI is InChI=1S/C37H33F6N5O5/c1-23-20-48(16-15-47(23)21-24-3-9-28(10-4-24)51-22-36(38,39)40)35(50)32-17-26-7-13-30(18-31(26)46(32)2)52-33-14-8-27(19-44-33)45-34(49)25-5-11-29(12-6-25)53-37(41,42)43/h3-14,17-19,23H,15-16,20-22H2,1-2H3,(H,45,49)/t23-/m0/s1. The predicted molar refractivity (Wildman–Crippen MR) is 182 cm³/mol. The Bertz CT molecular complexity index is 2070.